The molecule has 0 aliphatic carbocycles. The Morgan fingerprint density at radius 3 is 2.95 bits per heavy atom. The van der Waals surface area contributed by atoms with Crippen molar-refractivity contribution in [3.8, 4) is 0 Å². The highest BCUT2D eigenvalue weighted by atomic mass is 32.2. The van der Waals surface area contributed by atoms with E-state index in [1.165, 1.54) is 6.07 Å². The number of nitrogens with zero attached hydrogens (tertiary/aromatic N) is 3. The van der Waals surface area contributed by atoms with Crippen molar-refractivity contribution in [2.45, 2.75) is 17.1 Å². The highest BCUT2D eigenvalue weighted by molar-refractivity contribution is 7.99. The van der Waals surface area contributed by atoms with Gasteiger partial charge in [-0.2, -0.15) is 0 Å². The molecule has 0 saturated heterocycles. The predicted octanol–water partition coefficient (Wildman–Crippen LogP) is 1.69. The van der Waals surface area contributed by atoms with Crippen molar-refractivity contribution in [1.82, 2.24) is 19.4 Å². The third kappa shape index (κ3) is 2.23. The van der Waals surface area contributed by atoms with Crippen molar-refractivity contribution in [3.05, 3.63) is 52.2 Å². The number of carbonyl (C=O) groups is 1. The molecule has 0 radical (unpaired) electrons. The third-order valence-corrected chi connectivity index (χ3v) is 3.57. The second kappa shape index (κ2) is 4.93. The third-order valence-electron chi connectivity index (χ3n) is 2.69. The van der Waals surface area contributed by atoms with Gasteiger partial charge in [-0.1, -0.05) is 6.07 Å². The Kier molecular flexibility index (Phi) is 3.11. The van der Waals surface area contributed by atoms with Gasteiger partial charge in [0.25, 0.3) is 5.56 Å². The van der Waals surface area contributed by atoms with Crippen LogP contribution in [-0.2, 0) is 0 Å². The van der Waals surface area contributed by atoms with Gasteiger partial charge in [0, 0.05) is 18.0 Å². The maximum absolute atomic E-state index is 11.4. The van der Waals surface area contributed by atoms with Gasteiger partial charge in [-0.25, -0.2) is 9.97 Å². The molecule has 3 aromatic rings. The molecular formula is C13H10N4O2S. The lowest BCUT2D eigenvalue weighted by molar-refractivity contribution is 0.111. The Hall–Kier alpha value is -2.41. The van der Waals surface area contributed by atoms with Crippen molar-refractivity contribution in [1.29, 1.82) is 0 Å². The summed E-state index contributed by atoms with van der Waals surface area (Å²) in [4.78, 5) is 33.9. The highest BCUT2D eigenvalue weighted by Crippen LogP contribution is 2.26. The van der Waals surface area contributed by atoms with Crippen LogP contribution in [0.2, 0.25) is 0 Å². The van der Waals surface area contributed by atoms with Gasteiger partial charge >= 0.3 is 0 Å². The topological polar surface area (TPSA) is 80.1 Å². The smallest absolute Gasteiger partial charge is 0.251 e. The molecule has 20 heavy (non-hydrogen) atoms. The zero-order valence-electron chi connectivity index (χ0n) is 10.5. The summed E-state index contributed by atoms with van der Waals surface area (Å²) in [7, 11) is 0. The molecule has 0 unspecified atom stereocenters. The minimum atomic E-state index is -0.226. The number of aromatic amines is 1. The van der Waals surface area contributed by atoms with Crippen molar-refractivity contribution >= 4 is 23.7 Å². The Morgan fingerprint density at radius 2 is 2.20 bits per heavy atom. The van der Waals surface area contributed by atoms with E-state index in [1.54, 1.807) is 17.5 Å². The largest absolute Gasteiger partial charge is 0.301 e. The standard InChI is InChI=1S/C13H10N4O2S/c1-8-6-11(19)16-13(14-8)20-12-9(7-18)17-5-3-2-4-10(17)15-12/h2-7H,1H3,(H,14,16,19). The zero-order valence-corrected chi connectivity index (χ0v) is 11.3. The first-order valence-corrected chi connectivity index (χ1v) is 6.67. The fraction of sp³-hybridized carbons (Fsp3) is 0.0769. The van der Waals surface area contributed by atoms with Gasteiger partial charge in [-0.05, 0) is 30.8 Å². The van der Waals surface area contributed by atoms with Crippen LogP contribution in [0.3, 0.4) is 0 Å². The number of nitrogens with one attached hydrogen (secondary N) is 1. The second-order valence-corrected chi connectivity index (χ2v) is 5.12. The highest BCUT2D eigenvalue weighted by Gasteiger charge is 2.13. The SMILES string of the molecule is Cc1cc(=O)[nH]c(Sc2nc3ccccn3c2C=O)n1. The molecule has 3 rings (SSSR count). The summed E-state index contributed by atoms with van der Waals surface area (Å²) < 4.78 is 1.70. The molecule has 0 saturated carbocycles. The molecule has 3 heterocycles. The number of fused-ring (bicyclic) bond motifs is 1. The van der Waals surface area contributed by atoms with Crippen LogP contribution in [0.1, 0.15) is 16.2 Å². The van der Waals surface area contributed by atoms with Gasteiger partial charge in [-0.15, -0.1) is 0 Å². The average Bonchev–Trinajstić information content (AvgIpc) is 2.74. The summed E-state index contributed by atoms with van der Waals surface area (Å²) in [5, 5.41) is 0.932. The van der Waals surface area contributed by atoms with Gasteiger partial charge < -0.3 is 4.98 Å². The quantitative estimate of drug-likeness (QED) is 0.585. The van der Waals surface area contributed by atoms with Crippen molar-refractivity contribution in [2.75, 3.05) is 0 Å². The Bertz CT molecular complexity index is 853. The molecule has 0 atom stereocenters. The second-order valence-electron chi connectivity index (χ2n) is 4.14. The van der Waals surface area contributed by atoms with Crippen LogP contribution in [0, 0.1) is 6.92 Å². The first kappa shape index (κ1) is 12.6. The predicted molar refractivity (Wildman–Crippen MR) is 74.3 cm³/mol. The number of aldehydes is 1. The molecule has 1 N–H and O–H groups in total. The van der Waals surface area contributed by atoms with Crippen molar-refractivity contribution in [2.24, 2.45) is 0 Å². The molecular weight excluding hydrogens is 276 g/mol. The van der Waals surface area contributed by atoms with Gasteiger partial charge in [0.1, 0.15) is 16.4 Å². The number of rotatable bonds is 3. The number of imidazole rings is 1. The summed E-state index contributed by atoms with van der Waals surface area (Å²) in [6.07, 6.45) is 2.51. The van der Waals surface area contributed by atoms with E-state index in [2.05, 4.69) is 15.0 Å². The molecule has 3 aromatic heterocycles. The monoisotopic (exact) mass is 286 g/mol. The fourth-order valence-corrected chi connectivity index (χ4v) is 2.78. The van der Waals surface area contributed by atoms with E-state index in [-0.39, 0.29) is 5.56 Å². The Balaban J connectivity index is 2.10. The van der Waals surface area contributed by atoms with E-state index < -0.39 is 0 Å². The number of aromatic nitrogens is 4. The molecule has 0 aliphatic heterocycles. The summed E-state index contributed by atoms with van der Waals surface area (Å²) >= 11 is 1.16. The molecule has 0 spiro atoms. The first-order chi connectivity index (χ1) is 9.67. The van der Waals surface area contributed by atoms with E-state index in [9.17, 15) is 9.59 Å². The summed E-state index contributed by atoms with van der Waals surface area (Å²) in [6.45, 7) is 1.74. The molecule has 0 amide bonds. The molecule has 0 aromatic carbocycles. The number of carbonyl (C=O) groups excluding carboxylic acids is 1. The normalized spacial score (nSPS) is 10.8. The number of H-pyrrole nitrogens is 1. The maximum Gasteiger partial charge on any atom is 0.251 e. The van der Waals surface area contributed by atoms with Crippen LogP contribution < -0.4 is 5.56 Å². The van der Waals surface area contributed by atoms with E-state index >= 15 is 0 Å². The van der Waals surface area contributed by atoms with Crippen molar-refractivity contribution in [3.63, 3.8) is 0 Å². The Morgan fingerprint density at radius 1 is 1.35 bits per heavy atom. The molecule has 0 aliphatic rings. The van der Waals surface area contributed by atoms with Gasteiger partial charge in [0.05, 0.1) is 0 Å². The van der Waals surface area contributed by atoms with Crippen LogP contribution in [0.4, 0.5) is 0 Å². The number of hydrogen-bond donors (Lipinski definition) is 1. The first-order valence-electron chi connectivity index (χ1n) is 5.85. The van der Waals surface area contributed by atoms with Gasteiger partial charge in [0.15, 0.2) is 11.4 Å². The van der Waals surface area contributed by atoms with Crippen LogP contribution in [0.5, 0.6) is 0 Å². The van der Waals surface area contributed by atoms with Crippen LogP contribution in [0.15, 0.2) is 45.4 Å². The van der Waals surface area contributed by atoms with Gasteiger partial charge in [-0.3, -0.25) is 14.0 Å². The van der Waals surface area contributed by atoms with E-state index in [0.29, 0.717) is 27.2 Å². The Labute approximate surface area is 117 Å². The summed E-state index contributed by atoms with van der Waals surface area (Å²) in [5.41, 5.74) is 1.51. The zero-order chi connectivity index (χ0) is 14.1. The lowest BCUT2D eigenvalue weighted by Crippen LogP contribution is -2.08. The molecule has 7 heteroatoms. The maximum atomic E-state index is 11.4. The van der Waals surface area contributed by atoms with Gasteiger partial charge in [0.2, 0.25) is 0 Å². The fourth-order valence-electron chi connectivity index (χ4n) is 1.87. The van der Waals surface area contributed by atoms with E-state index in [1.807, 2.05) is 18.2 Å². The summed E-state index contributed by atoms with van der Waals surface area (Å²) in [5.74, 6) is 0. The van der Waals surface area contributed by atoms with Crippen molar-refractivity contribution < 1.29 is 4.79 Å². The van der Waals surface area contributed by atoms with Crippen LogP contribution in [-0.4, -0.2) is 25.6 Å². The molecule has 0 fully saturated rings. The molecule has 100 valence electrons. The number of hydrogen-bond acceptors (Lipinski definition) is 5. The minimum absolute atomic E-state index is 0.226. The molecule has 0 bridgehead atoms. The lowest BCUT2D eigenvalue weighted by atomic mass is 10.4. The van der Waals surface area contributed by atoms with E-state index in [4.69, 9.17) is 0 Å². The molecule has 6 nitrogen and oxygen atoms in total. The minimum Gasteiger partial charge on any atom is -0.301 e. The number of pyridine rings is 1. The lowest BCUT2D eigenvalue weighted by Gasteiger charge is -1.99. The van der Waals surface area contributed by atoms with Crippen LogP contribution in [0.25, 0.3) is 5.65 Å². The number of aryl methyl sites for hydroxylation is 1. The average molecular weight is 286 g/mol. The summed E-state index contributed by atoms with van der Waals surface area (Å²) in [6, 6.07) is 6.89. The van der Waals surface area contributed by atoms with Crippen LogP contribution >= 0.6 is 11.8 Å². The van der Waals surface area contributed by atoms with E-state index in [0.717, 1.165) is 18.0 Å².